The van der Waals surface area contributed by atoms with Crippen LogP contribution in [0.25, 0.3) is 10.9 Å². The van der Waals surface area contributed by atoms with Gasteiger partial charge in [0.2, 0.25) is 0 Å². The van der Waals surface area contributed by atoms with E-state index in [2.05, 4.69) is 15.3 Å². The van der Waals surface area contributed by atoms with E-state index in [-0.39, 0.29) is 33.3 Å². The average molecular weight is 381 g/mol. The van der Waals surface area contributed by atoms with Crippen LogP contribution in [0, 0.1) is 0 Å². The third-order valence-electron chi connectivity index (χ3n) is 3.38. The maximum absolute atomic E-state index is 12.2. The highest BCUT2D eigenvalue weighted by molar-refractivity contribution is 6.38. The first-order valence-electron chi connectivity index (χ1n) is 6.93. The van der Waals surface area contributed by atoms with E-state index in [1.54, 1.807) is 12.1 Å². The van der Waals surface area contributed by atoms with E-state index in [1.807, 2.05) is 0 Å². The van der Waals surface area contributed by atoms with Crippen LogP contribution in [0.1, 0.15) is 5.69 Å². The van der Waals surface area contributed by atoms with Gasteiger partial charge in [-0.05, 0) is 24.3 Å². The zero-order valence-electron chi connectivity index (χ0n) is 12.4. The van der Waals surface area contributed by atoms with Crippen molar-refractivity contribution >= 4 is 46.0 Å². The van der Waals surface area contributed by atoms with Gasteiger partial charge in [0.25, 0.3) is 5.56 Å². The van der Waals surface area contributed by atoms with Gasteiger partial charge in [-0.1, -0.05) is 29.3 Å². The SMILES string of the molecule is O=C(O)Nc1cccc(Cn2c(=O)[nH]c(=O)c3c(Cl)cc(Cl)cc32)n1. The summed E-state index contributed by atoms with van der Waals surface area (Å²) in [6.45, 7) is -0.0159. The molecular formula is C15H10Cl2N4O4. The Labute approximate surface area is 149 Å². The molecule has 1 amide bonds. The first kappa shape index (κ1) is 17.0. The van der Waals surface area contributed by atoms with Gasteiger partial charge < -0.3 is 5.11 Å². The second-order valence-electron chi connectivity index (χ2n) is 5.07. The molecule has 10 heteroatoms. The molecule has 0 aliphatic rings. The van der Waals surface area contributed by atoms with Crippen LogP contribution in [0.4, 0.5) is 10.6 Å². The number of hydrogen-bond donors (Lipinski definition) is 3. The molecule has 3 rings (SSSR count). The molecule has 3 N–H and O–H groups in total. The van der Waals surface area contributed by atoms with E-state index in [1.165, 1.54) is 22.8 Å². The third kappa shape index (κ3) is 3.49. The second-order valence-corrected chi connectivity index (χ2v) is 5.92. The number of pyridine rings is 1. The van der Waals surface area contributed by atoms with Crippen LogP contribution in [-0.4, -0.2) is 25.7 Å². The number of amides is 1. The summed E-state index contributed by atoms with van der Waals surface area (Å²) in [5.41, 5.74) is -0.621. The molecule has 128 valence electrons. The molecule has 0 bridgehead atoms. The Morgan fingerprint density at radius 3 is 2.76 bits per heavy atom. The van der Waals surface area contributed by atoms with Crippen molar-refractivity contribution in [1.82, 2.24) is 14.5 Å². The monoisotopic (exact) mass is 380 g/mol. The van der Waals surface area contributed by atoms with Gasteiger partial charge in [-0.15, -0.1) is 0 Å². The Bertz CT molecular complexity index is 1110. The molecular weight excluding hydrogens is 371 g/mol. The van der Waals surface area contributed by atoms with Crippen molar-refractivity contribution in [3.63, 3.8) is 0 Å². The molecule has 0 aliphatic heterocycles. The molecule has 1 aromatic carbocycles. The fourth-order valence-corrected chi connectivity index (χ4v) is 2.97. The van der Waals surface area contributed by atoms with Crippen molar-refractivity contribution in [3.8, 4) is 0 Å². The van der Waals surface area contributed by atoms with Crippen LogP contribution >= 0.6 is 23.2 Å². The molecule has 8 nitrogen and oxygen atoms in total. The van der Waals surface area contributed by atoms with Crippen LogP contribution in [0.15, 0.2) is 39.9 Å². The predicted octanol–water partition coefficient (Wildman–Crippen LogP) is 2.53. The van der Waals surface area contributed by atoms with E-state index in [0.717, 1.165) is 0 Å². The number of rotatable bonds is 3. The van der Waals surface area contributed by atoms with Crippen molar-refractivity contribution in [2.75, 3.05) is 5.32 Å². The van der Waals surface area contributed by atoms with Crippen LogP contribution in [0.5, 0.6) is 0 Å². The number of carbonyl (C=O) groups is 1. The number of H-pyrrole nitrogens is 1. The molecule has 0 saturated heterocycles. The van der Waals surface area contributed by atoms with Gasteiger partial charge >= 0.3 is 11.8 Å². The van der Waals surface area contributed by atoms with Crippen molar-refractivity contribution in [3.05, 3.63) is 66.9 Å². The number of carboxylic acid groups (broad SMARTS) is 1. The largest absolute Gasteiger partial charge is 0.465 e. The van der Waals surface area contributed by atoms with Crippen LogP contribution in [0.2, 0.25) is 10.0 Å². The highest BCUT2D eigenvalue weighted by Crippen LogP contribution is 2.24. The number of nitrogens with zero attached hydrogens (tertiary/aromatic N) is 2. The maximum Gasteiger partial charge on any atom is 0.410 e. The maximum atomic E-state index is 12.2. The van der Waals surface area contributed by atoms with Crippen molar-refractivity contribution < 1.29 is 9.90 Å². The number of aromatic nitrogens is 3. The number of hydrogen-bond acceptors (Lipinski definition) is 4. The molecule has 0 fully saturated rings. The summed E-state index contributed by atoms with van der Waals surface area (Å²) >= 11 is 12.0. The summed E-state index contributed by atoms with van der Waals surface area (Å²) < 4.78 is 1.25. The third-order valence-corrected chi connectivity index (χ3v) is 3.90. The number of benzene rings is 1. The lowest BCUT2D eigenvalue weighted by molar-refractivity contribution is 0.209. The van der Waals surface area contributed by atoms with Crippen LogP contribution in [-0.2, 0) is 6.54 Å². The fraction of sp³-hybridized carbons (Fsp3) is 0.0667. The Balaban J connectivity index is 2.15. The van der Waals surface area contributed by atoms with Crippen molar-refractivity contribution in [2.24, 2.45) is 0 Å². The summed E-state index contributed by atoms with van der Waals surface area (Å²) in [6, 6.07) is 7.54. The molecule has 2 aromatic heterocycles. The molecule has 3 aromatic rings. The van der Waals surface area contributed by atoms with E-state index in [0.29, 0.717) is 5.69 Å². The normalized spacial score (nSPS) is 10.8. The number of fused-ring (bicyclic) bond motifs is 1. The molecule has 0 saturated carbocycles. The molecule has 25 heavy (non-hydrogen) atoms. The predicted molar refractivity (Wildman–Crippen MR) is 93.8 cm³/mol. The van der Waals surface area contributed by atoms with Gasteiger partial charge in [0.05, 0.1) is 28.2 Å². The minimum atomic E-state index is -1.25. The first-order chi connectivity index (χ1) is 11.8. The first-order valence-corrected chi connectivity index (χ1v) is 7.68. The Kier molecular flexibility index (Phi) is 4.47. The minimum Gasteiger partial charge on any atom is -0.465 e. The van der Waals surface area contributed by atoms with Gasteiger partial charge in [-0.3, -0.25) is 19.7 Å². The number of aromatic amines is 1. The zero-order chi connectivity index (χ0) is 18.1. The van der Waals surface area contributed by atoms with Gasteiger partial charge in [0, 0.05) is 5.02 Å². The minimum absolute atomic E-state index is 0.0159. The standard InChI is InChI=1S/C15H10Cl2N4O4/c16-7-4-9(17)12-10(5-7)21(14(23)20-13(12)22)6-8-2-1-3-11(18-8)19-15(24)25/h1-5H,6H2,(H,18,19)(H,24,25)(H,20,22,23). The fourth-order valence-electron chi connectivity index (χ4n) is 2.40. The lowest BCUT2D eigenvalue weighted by Crippen LogP contribution is -2.31. The topological polar surface area (TPSA) is 117 Å². The highest BCUT2D eigenvalue weighted by Gasteiger charge is 2.13. The number of halogens is 2. The lowest BCUT2D eigenvalue weighted by Gasteiger charge is -2.11. The highest BCUT2D eigenvalue weighted by atomic mass is 35.5. The quantitative estimate of drug-likeness (QED) is 0.645. The van der Waals surface area contributed by atoms with Crippen molar-refractivity contribution in [2.45, 2.75) is 6.54 Å². The van der Waals surface area contributed by atoms with Crippen LogP contribution in [0.3, 0.4) is 0 Å². The molecule has 0 atom stereocenters. The smallest absolute Gasteiger partial charge is 0.410 e. The summed E-state index contributed by atoms with van der Waals surface area (Å²) in [5, 5.41) is 11.4. The van der Waals surface area contributed by atoms with Crippen molar-refractivity contribution in [1.29, 1.82) is 0 Å². The van der Waals surface area contributed by atoms with E-state index < -0.39 is 17.3 Å². The number of nitrogens with one attached hydrogen (secondary N) is 2. The Hall–Kier alpha value is -2.84. The Morgan fingerprint density at radius 1 is 1.28 bits per heavy atom. The molecule has 0 radical (unpaired) electrons. The Morgan fingerprint density at radius 2 is 2.04 bits per heavy atom. The van der Waals surface area contributed by atoms with Gasteiger partial charge in [-0.2, -0.15) is 0 Å². The molecule has 0 aliphatic carbocycles. The van der Waals surface area contributed by atoms with E-state index in [9.17, 15) is 14.4 Å². The van der Waals surface area contributed by atoms with Gasteiger partial charge in [0.1, 0.15) is 5.82 Å². The second kappa shape index (κ2) is 6.58. The van der Waals surface area contributed by atoms with Crippen LogP contribution < -0.4 is 16.6 Å². The average Bonchev–Trinajstić information content (AvgIpc) is 2.50. The van der Waals surface area contributed by atoms with Gasteiger partial charge in [0.15, 0.2) is 0 Å². The summed E-state index contributed by atoms with van der Waals surface area (Å²) in [4.78, 5) is 41.3. The van der Waals surface area contributed by atoms with Gasteiger partial charge in [-0.25, -0.2) is 14.6 Å². The van der Waals surface area contributed by atoms with E-state index >= 15 is 0 Å². The molecule has 0 unspecified atom stereocenters. The van der Waals surface area contributed by atoms with E-state index in [4.69, 9.17) is 28.3 Å². The summed E-state index contributed by atoms with van der Waals surface area (Å²) in [6.07, 6.45) is -1.25. The summed E-state index contributed by atoms with van der Waals surface area (Å²) in [5.74, 6) is 0.114. The summed E-state index contributed by atoms with van der Waals surface area (Å²) in [7, 11) is 0. The molecule has 0 spiro atoms. The lowest BCUT2D eigenvalue weighted by atomic mass is 10.2. The zero-order valence-corrected chi connectivity index (χ0v) is 13.9. The molecule has 2 heterocycles. The number of anilines is 1.